The van der Waals surface area contributed by atoms with Crippen LogP contribution < -0.4 is 19.9 Å². The lowest BCUT2D eigenvalue weighted by Crippen LogP contribution is -2.13. The highest BCUT2D eigenvalue weighted by atomic mass is 16.5. The summed E-state index contributed by atoms with van der Waals surface area (Å²) in [6, 6.07) is 3.39. The molecule has 1 aromatic rings. The first-order valence-electron chi connectivity index (χ1n) is 5.73. The Kier molecular flexibility index (Phi) is 5.04. The highest BCUT2D eigenvalue weighted by molar-refractivity contribution is 5.52. The van der Waals surface area contributed by atoms with Crippen molar-refractivity contribution in [3.63, 3.8) is 0 Å². The fourth-order valence-corrected chi connectivity index (χ4v) is 1.88. The lowest BCUT2D eigenvalue weighted by Gasteiger charge is -2.20. The van der Waals surface area contributed by atoms with E-state index in [0.29, 0.717) is 23.7 Å². The second-order valence-electron chi connectivity index (χ2n) is 4.21. The Balaban J connectivity index is 3.25. The normalized spacial score (nSPS) is 11.8. The summed E-state index contributed by atoms with van der Waals surface area (Å²) in [6.07, 6.45) is 0.680. The van der Waals surface area contributed by atoms with Gasteiger partial charge in [-0.1, -0.05) is 5.57 Å². The molecular weight excluding hydrogens is 230 g/mol. The van der Waals surface area contributed by atoms with Gasteiger partial charge in [0.05, 0.1) is 26.9 Å². The molecule has 18 heavy (non-hydrogen) atoms. The SMILES string of the molecule is C=C(C)C[C@@H](N)c1c(OC)cc(OC)cc1OC. The van der Waals surface area contributed by atoms with E-state index in [9.17, 15) is 0 Å². The summed E-state index contributed by atoms with van der Waals surface area (Å²) in [5.74, 6) is 2.01. The van der Waals surface area contributed by atoms with Gasteiger partial charge in [0, 0.05) is 18.2 Å². The zero-order chi connectivity index (χ0) is 13.7. The van der Waals surface area contributed by atoms with Crippen molar-refractivity contribution in [2.75, 3.05) is 21.3 Å². The van der Waals surface area contributed by atoms with Gasteiger partial charge >= 0.3 is 0 Å². The molecule has 0 saturated heterocycles. The zero-order valence-electron chi connectivity index (χ0n) is 11.4. The van der Waals surface area contributed by atoms with Crippen LogP contribution in [0.25, 0.3) is 0 Å². The van der Waals surface area contributed by atoms with E-state index in [0.717, 1.165) is 11.1 Å². The Labute approximate surface area is 108 Å². The molecule has 0 aliphatic carbocycles. The first-order valence-corrected chi connectivity index (χ1v) is 5.73. The summed E-state index contributed by atoms with van der Waals surface area (Å²) in [7, 11) is 4.80. The molecule has 0 bridgehead atoms. The van der Waals surface area contributed by atoms with Crippen molar-refractivity contribution in [1.29, 1.82) is 0 Å². The van der Waals surface area contributed by atoms with Crippen LogP contribution in [-0.2, 0) is 0 Å². The fraction of sp³-hybridized carbons (Fsp3) is 0.429. The van der Waals surface area contributed by atoms with Gasteiger partial charge in [0.1, 0.15) is 17.2 Å². The molecule has 0 aliphatic rings. The van der Waals surface area contributed by atoms with Gasteiger partial charge < -0.3 is 19.9 Å². The van der Waals surface area contributed by atoms with E-state index in [1.165, 1.54) is 0 Å². The summed E-state index contributed by atoms with van der Waals surface area (Å²) in [6.45, 7) is 5.83. The maximum absolute atomic E-state index is 6.18. The molecule has 2 N–H and O–H groups in total. The van der Waals surface area contributed by atoms with Crippen molar-refractivity contribution >= 4 is 0 Å². The minimum absolute atomic E-state index is 0.210. The van der Waals surface area contributed by atoms with Crippen LogP contribution in [-0.4, -0.2) is 21.3 Å². The van der Waals surface area contributed by atoms with Gasteiger partial charge in [-0.05, 0) is 13.3 Å². The van der Waals surface area contributed by atoms with E-state index in [-0.39, 0.29) is 6.04 Å². The van der Waals surface area contributed by atoms with Crippen molar-refractivity contribution in [3.05, 3.63) is 29.8 Å². The van der Waals surface area contributed by atoms with E-state index in [2.05, 4.69) is 6.58 Å². The molecular formula is C14H21NO3. The van der Waals surface area contributed by atoms with Gasteiger partial charge in [0.15, 0.2) is 0 Å². The second-order valence-corrected chi connectivity index (χ2v) is 4.21. The van der Waals surface area contributed by atoms with Crippen LogP contribution in [0.5, 0.6) is 17.2 Å². The van der Waals surface area contributed by atoms with Crippen molar-refractivity contribution in [3.8, 4) is 17.2 Å². The van der Waals surface area contributed by atoms with Crippen molar-refractivity contribution in [2.45, 2.75) is 19.4 Å². The van der Waals surface area contributed by atoms with Crippen LogP contribution in [0.15, 0.2) is 24.3 Å². The molecule has 4 heteroatoms. The fourth-order valence-electron chi connectivity index (χ4n) is 1.88. The van der Waals surface area contributed by atoms with Crippen LogP contribution in [0.3, 0.4) is 0 Å². The number of ether oxygens (including phenoxy) is 3. The van der Waals surface area contributed by atoms with Gasteiger partial charge in [-0.25, -0.2) is 0 Å². The van der Waals surface area contributed by atoms with Crippen LogP contribution >= 0.6 is 0 Å². The smallest absolute Gasteiger partial charge is 0.131 e. The molecule has 0 heterocycles. The maximum atomic E-state index is 6.18. The zero-order valence-corrected chi connectivity index (χ0v) is 11.4. The third-order valence-corrected chi connectivity index (χ3v) is 2.69. The molecule has 0 amide bonds. The average Bonchev–Trinajstić information content (AvgIpc) is 2.35. The number of nitrogens with two attached hydrogens (primary N) is 1. The molecule has 0 saturated carbocycles. The summed E-state index contributed by atoms with van der Waals surface area (Å²) in [4.78, 5) is 0. The molecule has 1 aromatic carbocycles. The summed E-state index contributed by atoms with van der Waals surface area (Å²) in [5, 5.41) is 0. The van der Waals surface area contributed by atoms with Crippen molar-refractivity contribution < 1.29 is 14.2 Å². The van der Waals surface area contributed by atoms with E-state index < -0.39 is 0 Å². The summed E-state index contributed by atoms with van der Waals surface area (Å²) < 4.78 is 15.9. The molecule has 4 nitrogen and oxygen atoms in total. The Morgan fingerprint density at radius 1 is 1.17 bits per heavy atom. The minimum Gasteiger partial charge on any atom is -0.496 e. The van der Waals surface area contributed by atoms with Crippen molar-refractivity contribution in [1.82, 2.24) is 0 Å². The highest BCUT2D eigenvalue weighted by Crippen LogP contribution is 2.39. The molecule has 0 aliphatic heterocycles. The molecule has 100 valence electrons. The molecule has 0 unspecified atom stereocenters. The third kappa shape index (κ3) is 3.17. The van der Waals surface area contributed by atoms with E-state index in [4.69, 9.17) is 19.9 Å². The Morgan fingerprint density at radius 2 is 1.67 bits per heavy atom. The number of rotatable bonds is 6. The number of hydrogen-bond acceptors (Lipinski definition) is 4. The van der Waals surface area contributed by atoms with Gasteiger partial charge in [0.25, 0.3) is 0 Å². The lowest BCUT2D eigenvalue weighted by atomic mass is 9.99. The number of benzene rings is 1. The quantitative estimate of drug-likeness (QED) is 0.790. The molecule has 0 radical (unpaired) electrons. The van der Waals surface area contributed by atoms with Gasteiger partial charge in [-0.2, -0.15) is 0 Å². The molecule has 0 fully saturated rings. The standard InChI is InChI=1S/C14H21NO3/c1-9(2)6-11(15)14-12(17-4)7-10(16-3)8-13(14)18-5/h7-8,11H,1,6,15H2,2-5H3/t11-/m1/s1. The largest absolute Gasteiger partial charge is 0.496 e. The van der Waals surface area contributed by atoms with E-state index in [1.807, 2.05) is 6.92 Å². The summed E-state index contributed by atoms with van der Waals surface area (Å²) in [5.41, 5.74) is 8.03. The van der Waals surface area contributed by atoms with Gasteiger partial charge in [0.2, 0.25) is 0 Å². The topological polar surface area (TPSA) is 53.7 Å². The van der Waals surface area contributed by atoms with Crippen LogP contribution in [0.1, 0.15) is 24.9 Å². The average molecular weight is 251 g/mol. The Morgan fingerprint density at radius 3 is 2.00 bits per heavy atom. The van der Waals surface area contributed by atoms with Crippen LogP contribution in [0.4, 0.5) is 0 Å². The van der Waals surface area contributed by atoms with Crippen LogP contribution in [0, 0.1) is 0 Å². The predicted molar refractivity (Wildman–Crippen MR) is 72.5 cm³/mol. The second kappa shape index (κ2) is 6.31. The van der Waals surface area contributed by atoms with E-state index in [1.54, 1.807) is 33.5 Å². The summed E-state index contributed by atoms with van der Waals surface area (Å²) >= 11 is 0. The first-order chi connectivity index (χ1) is 8.53. The predicted octanol–water partition coefficient (Wildman–Crippen LogP) is 2.68. The maximum Gasteiger partial charge on any atom is 0.131 e. The molecule has 1 rings (SSSR count). The van der Waals surface area contributed by atoms with Gasteiger partial charge in [-0.3, -0.25) is 0 Å². The third-order valence-electron chi connectivity index (χ3n) is 2.69. The monoisotopic (exact) mass is 251 g/mol. The highest BCUT2D eigenvalue weighted by Gasteiger charge is 2.19. The Bertz CT molecular complexity index is 404. The van der Waals surface area contributed by atoms with Crippen molar-refractivity contribution in [2.24, 2.45) is 5.73 Å². The minimum atomic E-state index is -0.210. The Hall–Kier alpha value is -1.68. The first kappa shape index (κ1) is 14.4. The van der Waals surface area contributed by atoms with Crippen LogP contribution in [0.2, 0.25) is 0 Å². The van der Waals surface area contributed by atoms with Gasteiger partial charge in [-0.15, -0.1) is 6.58 Å². The number of methoxy groups -OCH3 is 3. The molecule has 0 aromatic heterocycles. The molecule has 1 atom stereocenters. The number of hydrogen-bond donors (Lipinski definition) is 1. The lowest BCUT2D eigenvalue weighted by molar-refractivity contribution is 0.364. The van der Waals surface area contributed by atoms with E-state index >= 15 is 0 Å². The molecule has 0 spiro atoms.